The Labute approximate surface area is 125 Å². The Morgan fingerprint density at radius 1 is 1.05 bits per heavy atom. The number of aryl methyl sites for hydroxylation is 1. The molecule has 1 N–H and O–H groups in total. The fourth-order valence-electron chi connectivity index (χ4n) is 2.02. The third-order valence-electron chi connectivity index (χ3n) is 3.08. The average Bonchev–Trinajstić information content (AvgIpc) is 2.46. The maximum Gasteiger partial charge on any atom is 0.120 e. The van der Waals surface area contributed by atoms with E-state index in [1.165, 1.54) is 5.56 Å². The van der Waals surface area contributed by atoms with Crippen molar-refractivity contribution in [3.8, 4) is 5.75 Å². The molecule has 0 aromatic heterocycles. The predicted octanol–water partition coefficient (Wildman–Crippen LogP) is 4.10. The predicted molar refractivity (Wildman–Crippen MR) is 82.3 cm³/mol. The van der Waals surface area contributed by atoms with E-state index in [1.54, 1.807) is 12.1 Å². The van der Waals surface area contributed by atoms with Crippen LogP contribution in [-0.4, -0.2) is 17.8 Å². The van der Waals surface area contributed by atoms with Crippen LogP contribution < -0.4 is 4.74 Å². The first-order valence-electron chi connectivity index (χ1n) is 6.84. The topological polar surface area (TPSA) is 29.5 Å². The summed E-state index contributed by atoms with van der Waals surface area (Å²) in [4.78, 5) is 0. The van der Waals surface area contributed by atoms with Crippen molar-refractivity contribution in [2.75, 3.05) is 6.61 Å². The number of hydrogen-bond donors (Lipinski definition) is 1. The van der Waals surface area contributed by atoms with Crippen LogP contribution in [0.4, 0.5) is 0 Å². The summed E-state index contributed by atoms with van der Waals surface area (Å²) in [6, 6.07) is 17.5. The largest absolute Gasteiger partial charge is 0.491 e. The lowest BCUT2D eigenvalue weighted by Gasteiger charge is -2.12. The van der Waals surface area contributed by atoms with E-state index in [-0.39, 0.29) is 0 Å². The molecule has 2 aromatic rings. The van der Waals surface area contributed by atoms with Crippen LogP contribution in [-0.2, 0) is 6.42 Å². The molecule has 3 heteroatoms. The molecule has 2 aromatic carbocycles. The summed E-state index contributed by atoms with van der Waals surface area (Å²) in [5.41, 5.74) is 1.30. The molecule has 0 aliphatic carbocycles. The molecule has 1 unspecified atom stereocenters. The van der Waals surface area contributed by atoms with Crippen molar-refractivity contribution in [3.63, 3.8) is 0 Å². The molecule has 0 fully saturated rings. The van der Waals surface area contributed by atoms with Gasteiger partial charge in [-0.3, -0.25) is 0 Å². The van der Waals surface area contributed by atoms with Gasteiger partial charge >= 0.3 is 0 Å². The molecule has 0 aliphatic heterocycles. The van der Waals surface area contributed by atoms with Gasteiger partial charge in [0.2, 0.25) is 0 Å². The van der Waals surface area contributed by atoms with E-state index in [2.05, 4.69) is 12.1 Å². The number of hydrogen-bond acceptors (Lipinski definition) is 2. The Bertz CT molecular complexity index is 513. The molecule has 106 valence electrons. The fourth-order valence-corrected chi connectivity index (χ4v) is 2.20. The maximum atomic E-state index is 9.90. The van der Waals surface area contributed by atoms with Crippen molar-refractivity contribution in [2.24, 2.45) is 0 Å². The summed E-state index contributed by atoms with van der Waals surface area (Å²) in [7, 11) is 0. The summed E-state index contributed by atoms with van der Waals surface area (Å²) < 4.78 is 5.52. The highest BCUT2D eigenvalue weighted by molar-refractivity contribution is 6.30. The average molecular weight is 291 g/mol. The third kappa shape index (κ3) is 5.24. The van der Waals surface area contributed by atoms with E-state index in [4.69, 9.17) is 16.3 Å². The van der Waals surface area contributed by atoms with Crippen LogP contribution in [0, 0.1) is 0 Å². The Morgan fingerprint density at radius 2 is 1.85 bits per heavy atom. The lowest BCUT2D eigenvalue weighted by molar-refractivity contribution is 0.0983. The van der Waals surface area contributed by atoms with Gasteiger partial charge in [-0.25, -0.2) is 0 Å². The standard InChI is InChI=1S/C17H19ClO2/c18-15-9-5-11-17(12-15)20-13-16(19)10-4-8-14-6-2-1-3-7-14/h1-3,5-7,9,11-12,16,19H,4,8,10,13H2. The van der Waals surface area contributed by atoms with Gasteiger partial charge in [0.15, 0.2) is 0 Å². The Balaban J connectivity index is 1.67. The van der Waals surface area contributed by atoms with Gasteiger partial charge in [0.25, 0.3) is 0 Å². The van der Waals surface area contributed by atoms with Crippen molar-refractivity contribution in [2.45, 2.75) is 25.4 Å². The summed E-state index contributed by atoms with van der Waals surface area (Å²) in [6.45, 7) is 0.301. The van der Waals surface area contributed by atoms with Gasteiger partial charge in [-0.15, -0.1) is 0 Å². The van der Waals surface area contributed by atoms with Crippen LogP contribution >= 0.6 is 11.6 Å². The second-order valence-electron chi connectivity index (χ2n) is 4.80. The normalized spacial score (nSPS) is 12.1. The molecule has 1 atom stereocenters. The maximum absolute atomic E-state index is 9.90. The summed E-state index contributed by atoms with van der Waals surface area (Å²) >= 11 is 5.87. The van der Waals surface area contributed by atoms with Crippen molar-refractivity contribution in [1.29, 1.82) is 0 Å². The molecule has 0 bridgehead atoms. The SMILES string of the molecule is OC(CCCc1ccccc1)COc1cccc(Cl)c1. The first-order chi connectivity index (χ1) is 9.74. The number of ether oxygens (including phenoxy) is 1. The van der Waals surface area contributed by atoms with Crippen LogP contribution in [0.5, 0.6) is 5.75 Å². The fraction of sp³-hybridized carbons (Fsp3) is 0.294. The summed E-state index contributed by atoms with van der Waals surface area (Å²) in [6.07, 6.45) is 2.21. The molecular weight excluding hydrogens is 272 g/mol. The zero-order chi connectivity index (χ0) is 14.2. The van der Waals surface area contributed by atoms with E-state index < -0.39 is 6.10 Å². The molecular formula is C17H19ClO2. The minimum Gasteiger partial charge on any atom is -0.491 e. The second kappa shape index (κ2) is 7.93. The minimum absolute atomic E-state index is 0.301. The van der Waals surface area contributed by atoms with Crippen LogP contribution in [0.1, 0.15) is 18.4 Å². The summed E-state index contributed by atoms with van der Waals surface area (Å²) in [5, 5.41) is 10.5. The van der Waals surface area contributed by atoms with Gasteiger partial charge < -0.3 is 9.84 Å². The minimum atomic E-state index is -0.447. The third-order valence-corrected chi connectivity index (χ3v) is 3.32. The molecule has 0 radical (unpaired) electrons. The van der Waals surface area contributed by atoms with Gasteiger partial charge in [-0.1, -0.05) is 48.0 Å². The van der Waals surface area contributed by atoms with Crippen LogP contribution in [0.15, 0.2) is 54.6 Å². The van der Waals surface area contributed by atoms with Gasteiger partial charge in [0, 0.05) is 5.02 Å². The number of benzene rings is 2. The highest BCUT2D eigenvalue weighted by Gasteiger charge is 2.05. The number of halogens is 1. The highest BCUT2D eigenvalue weighted by atomic mass is 35.5. The summed E-state index contributed by atoms with van der Waals surface area (Å²) in [5.74, 6) is 0.694. The van der Waals surface area contributed by atoms with Gasteiger partial charge in [-0.2, -0.15) is 0 Å². The van der Waals surface area contributed by atoms with E-state index in [9.17, 15) is 5.11 Å². The molecule has 0 spiro atoms. The molecule has 0 saturated heterocycles. The lowest BCUT2D eigenvalue weighted by atomic mass is 10.1. The van der Waals surface area contributed by atoms with Crippen molar-refractivity contribution in [1.82, 2.24) is 0 Å². The molecule has 20 heavy (non-hydrogen) atoms. The van der Waals surface area contributed by atoms with E-state index >= 15 is 0 Å². The van der Waals surface area contributed by atoms with E-state index in [1.807, 2.05) is 30.3 Å². The number of aliphatic hydroxyl groups is 1. The Kier molecular flexibility index (Phi) is 5.90. The van der Waals surface area contributed by atoms with Crippen LogP contribution in [0.2, 0.25) is 5.02 Å². The molecule has 2 rings (SSSR count). The quantitative estimate of drug-likeness (QED) is 0.832. The zero-order valence-corrected chi connectivity index (χ0v) is 12.1. The Hall–Kier alpha value is -1.51. The molecule has 0 amide bonds. The van der Waals surface area contributed by atoms with Crippen LogP contribution in [0.25, 0.3) is 0 Å². The monoisotopic (exact) mass is 290 g/mol. The highest BCUT2D eigenvalue weighted by Crippen LogP contribution is 2.17. The van der Waals surface area contributed by atoms with Crippen molar-refractivity contribution in [3.05, 3.63) is 65.2 Å². The Morgan fingerprint density at radius 3 is 2.60 bits per heavy atom. The molecule has 0 heterocycles. The van der Waals surface area contributed by atoms with Crippen molar-refractivity contribution < 1.29 is 9.84 Å². The van der Waals surface area contributed by atoms with Crippen molar-refractivity contribution >= 4 is 11.6 Å². The van der Waals surface area contributed by atoms with Gasteiger partial charge in [0.1, 0.15) is 12.4 Å². The van der Waals surface area contributed by atoms with E-state index in [0.29, 0.717) is 17.4 Å². The zero-order valence-electron chi connectivity index (χ0n) is 11.3. The van der Waals surface area contributed by atoms with E-state index in [0.717, 1.165) is 19.3 Å². The smallest absolute Gasteiger partial charge is 0.120 e. The first-order valence-corrected chi connectivity index (χ1v) is 7.22. The molecule has 2 nitrogen and oxygen atoms in total. The van der Waals surface area contributed by atoms with Gasteiger partial charge in [0.05, 0.1) is 6.10 Å². The van der Waals surface area contributed by atoms with Gasteiger partial charge in [-0.05, 0) is 43.0 Å². The molecule has 0 aliphatic rings. The number of rotatable bonds is 7. The second-order valence-corrected chi connectivity index (χ2v) is 5.24. The number of aliphatic hydroxyl groups excluding tert-OH is 1. The van der Waals surface area contributed by atoms with Crippen LogP contribution in [0.3, 0.4) is 0 Å². The first kappa shape index (κ1) is 14.9. The molecule has 0 saturated carbocycles. The lowest BCUT2D eigenvalue weighted by Crippen LogP contribution is -2.17.